The lowest BCUT2D eigenvalue weighted by Crippen LogP contribution is -2.31. The van der Waals surface area contributed by atoms with Gasteiger partial charge in [0.1, 0.15) is 29.2 Å². The van der Waals surface area contributed by atoms with Gasteiger partial charge in [-0.1, -0.05) is 30.3 Å². The minimum atomic E-state index is -0.573. The molecule has 0 saturated carbocycles. The molecule has 0 bridgehead atoms. The topological polar surface area (TPSA) is 69.3 Å². The maximum absolute atomic E-state index is 14.0. The molecule has 0 aliphatic heterocycles. The molecule has 0 radical (unpaired) electrons. The molecule has 2 heterocycles. The van der Waals surface area contributed by atoms with Crippen LogP contribution in [0.25, 0.3) is 11.3 Å². The van der Waals surface area contributed by atoms with Crippen LogP contribution in [0.15, 0.2) is 77.5 Å². The Morgan fingerprint density at radius 3 is 2.63 bits per heavy atom. The van der Waals surface area contributed by atoms with Crippen LogP contribution in [-0.4, -0.2) is 22.6 Å². The van der Waals surface area contributed by atoms with Crippen molar-refractivity contribution >= 4 is 5.91 Å². The number of rotatable bonds is 6. The third kappa shape index (κ3) is 3.69. The van der Waals surface area contributed by atoms with Crippen molar-refractivity contribution in [3.8, 4) is 17.1 Å². The van der Waals surface area contributed by atoms with E-state index in [-0.39, 0.29) is 11.5 Å². The van der Waals surface area contributed by atoms with Gasteiger partial charge in [-0.2, -0.15) is 0 Å². The lowest BCUT2D eigenvalue weighted by atomic mass is 10.0. The number of amides is 1. The Hall–Kier alpha value is -3.87. The number of ether oxygens (including phenoxy) is 1. The lowest BCUT2D eigenvalue weighted by Gasteiger charge is -2.20. The molecule has 0 aliphatic carbocycles. The molecule has 6 nitrogen and oxygen atoms in total. The van der Waals surface area contributed by atoms with Crippen LogP contribution < -0.4 is 10.1 Å². The second-order valence-electron chi connectivity index (χ2n) is 6.69. The van der Waals surface area contributed by atoms with Gasteiger partial charge in [0.25, 0.3) is 5.91 Å². The molecular weight excluding hydrogens is 385 g/mol. The Labute approximate surface area is 172 Å². The highest BCUT2D eigenvalue weighted by atomic mass is 19.1. The highest BCUT2D eigenvalue weighted by Crippen LogP contribution is 2.30. The van der Waals surface area contributed by atoms with E-state index in [2.05, 4.69) is 10.3 Å². The molecule has 1 N–H and O–H groups in total. The van der Waals surface area contributed by atoms with E-state index < -0.39 is 17.8 Å². The number of aromatic nitrogens is 2. The van der Waals surface area contributed by atoms with Crippen LogP contribution in [0.3, 0.4) is 0 Å². The Balaban J connectivity index is 1.67. The molecular formula is C23H20FN3O3. The molecule has 4 aromatic rings. The van der Waals surface area contributed by atoms with E-state index in [1.165, 1.54) is 12.1 Å². The summed E-state index contributed by atoms with van der Waals surface area (Å²) < 4.78 is 27.0. The van der Waals surface area contributed by atoms with Gasteiger partial charge in [0.15, 0.2) is 5.76 Å². The molecule has 1 amide bonds. The zero-order chi connectivity index (χ0) is 21.1. The summed E-state index contributed by atoms with van der Waals surface area (Å²) in [7, 11) is 3.42. The zero-order valence-electron chi connectivity index (χ0n) is 16.5. The number of furan rings is 1. The van der Waals surface area contributed by atoms with E-state index in [0.29, 0.717) is 17.1 Å². The van der Waals surface area contributed by atoms with Crippen molar-refractivity contribution in [3.05, 3.63) is 96.0 Å². The summed E-state index contributed by atoms with van der Waals surface area (Å²) in [5, 5.41) is 2.96. The fraction of sp³-hybridized carbons (Fsp3) is 0.130. The summed E-state index contributed by atoms with van der Waals surface area (Å²) in [4.78, 5) is 17.4. The van der Waals surface area contributed by atoms with E-state index in [4.69, 9.17) is 9.15 Å². The minimum Gasteiger partial charge on any atom is -0.496 e. The molecule has 152 valence electrons. The third-order valence-electron chi connectivity index (χ3n) is 4.81. The monoisotopic (exact) mass is 405 g/mol. The van der Waals surface area contributed by atoms with E-state index >= 15 is 0 Å². The predicted octanol–water partition coefficient (Wildman–Crippen LogP) is 4.35. The number of benzene rings is 2. The number of carbonyl (C=O) groups excluding carboxylic acids is 1. The molecule has 4 rings (SSSR count). The largest absolute Gasteiger partial charge is 0.496 e. The van der Waals surface area contributed by atoms with Crippen molar-refractivity contribution in [2.75, 3.05) is 7.11 Å². The lowest BCUT2D eigenvalue weighted by molar-refractivity contribution is 0.0913. The van der Waals surface area contributed by atoms with Crippen LogP contribution in [0, 0.1) is 5.82 Å². The molecule has 1 unspecified atom stereocenters. The smallest absolute Gasteiger partial charge is 0.287 e. The maximum atomic E-state index is 14.0. The van der Waals surface area contributed by atoms with Crippen LogP contribution in [0.2, 0.25) is 0 Å². The van der Waals surface area contributed by atoms with E-state index in [0.717, 1.165) is 5.56 Å². The second-order valence-corrected chi connectivity index (χ2v) is 6.69. The van der Waals surface area contributed by atoms with Gasteiger partial charge in [-0.25, -0.2) is 9.37 Å². The first-order chi connectivity index (χ1) is 14.6. The fourth-order valence-corrected chi connectivity index (χ4v) is 3.31. The van der Waals surface area contributed by atoms with Crippen LogP contribution in [-0.2, 0) is 7.05 Å². The quantitative estimate of drug-likeness (QED) is 0.518. The van der Waals surface area contributed by atoms with Crippen molar-refractivity contribution in [1.82, 2.24) is 14.9 Å². The molecule has 7 heteroatoms. The number of aryl methyl sites for hydroxylation is 1. The van der Waals surface area contributed by atoms with Gasteiger partial charge in [-0.3, -0.25) is 4.79 Å². The molecule has 2 aromatic carbocycles. The Bertz CT molecular complexity index is 1180. The summed E-state index contributed by atoms with van der Waals surface area (Å²) in [6.45, 7) is 0. The van der Waals surface area contributed by atoms with Crippen LogP contribution >= 0.6 is 0 Å². The first-order valence-corrected chi connectivity index (χ1v) is 9.34. The normalized spacial score (nSPS) is 11.8. The van der Waals surface area contributed by atoms with Gasteiger partial charge in [0, 0.05) is 25.0 Å². The predicted molar refractivity (Wildman–Crippen MR) is 110 cm³/mol. The molecule has 0 spiro atoms. The number of para-hydroxylation sites is 1. The molecule has 0 aliphatic rings. The van der Waals surface area contributed by atoms with Crippen LogP contribution in [0.5, 0.6) is 5.75 Å². The van der Waals surface area contributed by atoms with E-state index in [1.54, 1.807) is 43.8 Å². The summed E-state index contributed by atoms with van der Waals surface area (Å²) in [6.07, 6.45) is 3.46. The van der Waals surface area contributed by atoms with Crippen molar-refractivity contribution < 1.29 is 18.3 Å². The Morgan fingerprint density at radius 1 is 1.13 bits per heavy atom. The van der Waals surface area contributed by atoms with Gasteiger partial charge >= 0.3 is 0 Å². The summed E-state index contributed by atoms with van der Waals surface area (Å²) in [5.41, 5.74) is 1.05. The minimum absolute atomic E-state index is 0.0716. The zero-order valence-corrected chi connectivity index (χ0v) is 16.5. The fourth-order valence-electron chi connectivity index (χ4n) is 3.31. The average molecular weight is 405 g/mol. The first-order valence-electron chi connectivity index (χ1n) is 9.34. The molecule has 2 aromatic heterocycles. The number of nitrogens with one attached hydrogen (secondary N) is 1. The van der Waals surface area contributed by atoms with Crippen molar-refractivity contribution in [1.29, 1.82) is 0 Å². The number of halogens is 1. The van der Waals surface area contributed by atoms with Gasteiger partial charge in [-0.05, 0) is 30.3 Å². The van der Waals surface area contributed by atoms with Gasteiger partial charge in [0.05, 0.1) is 12.7 Å². The number of carbonyl (C=O) groups is 1. The summed E-state index contributed by atoms with van der Waals surface area (Å²) in [6, 6.07) is 16.2. The van der Waals surface area contributed by atoms with E-state index in [1.807, 2.05) is 35.9 Å². The van der Waals surface area contributed by atoms with Gasteiger partial charge in [0.2, 0.25) is 0 Å². The average Bonchev–Trinajstić information content (AvgIpc) is 3.42. The summed E-state index contributed by atoms with van der Waals surface area (Å²) >= 11 is 0. The first kappa shape index (κ1) is 19.4. The van der Waals surface area contributed by atoms with Crippen molar-refractivity contribution in [3.63, 3.8) is 0 Å². The van der Waals surface area contributed by atoms with Crippen LogP contribution in [0.4, 0.5) is 4.39 Å². The highest BCUT2D eigenvalue weighted by molar-refractivity contribution is 5.92. The number of methoxy groups -OCH3 is 1. The SMILES string of the molecule is COc1ccccc1C(NC(=O)c1ccc(-c2ccccc2F)o1)c1nccn1C. The Morgan fingerprint density at radius 2 is 1.90 bits per heavy atom. The highest BCUT2D eigenvalue weighted by Gasteiger charge is 2.25. The molecule has 30 heavy (non-hydrogen) atoms. The number of hydrogen-bond donors (Lipinski definition) is 1. The maximum Gasteiger partial charge on any atom is 0.287 e. The van der Waals surface area contributed by atoms with Crippen LogP contribution in [0.1, 0.15) is 28.0 Å². The van der Waals surface area contributed by atoms with Gasteiger partial charge in [-0.15, -0.1) is 0 Å². The number of hydrogen-bond acceptors (Lipinski definition) is 4. The summed E-state index contributed by atoms with van der Waals surface area (Å²) in [5.74, 6) is 0.743. The van der Waals surface area contributed by atoms with Crippen molar-refractivity contribution in [2.24, 2.45) is 7.05 Å². The number of nitrogens with zero attached hydrogens (tertiary/aromatic N) is 2. The Kier molecular flexibility index (Phi) is 5.34. The third-order valence-corrected chi connectivity index (χ3v) is 4.81. The molecule has 0 fully saturated rings. The van der Waals surface area contributed by atoms with Gasteiger partial charge < -0.3 is 19.0 Å². The standard InChI is InChI=1S/C23H20FN3O3/c1-27-14-13-25-22(27)21(16-8-4-6-10-18(16)29-2)26-23(28)20-12-11-19(30-20)15-7-3-5-9-17(15)24/h3-14,21H,1-2H3,(H,26,28). The van der Waals surface area contributed by atoms with Crippen molar-refractivity contribution in [2.45, 2.75) is 6.04 Å². The number of imidazole rings is 1. The molecule has 0 saturated heterocycles. The molecule has 1 atom stereocenters. The van der Waals surface area contributed by atoms with E-state index in [9.17, 15) is 9.18 Å². The second kappa shape index (κ2) is 8.24.